The lowest BCUT2D eigenvalue weighted by Crippen LogP contribution is -2.53. The number of rotatable bonds is 2. The summed E-state index contributed by atoms with van der Waals surface area (Å²) in [6, 6.07) is -0.626. The van der Waals surface area contributed by atoms with Gasteiger partial charge in [-0.15, -0.1) is 0 Å². The van der Waals surface area contributed by atoms with E-state index in [2.05, 4.69) is 10.0 Å². The summed E-state index contributed by atoms with van der Waals surface area (Å²) in [5, 5.41) is 13.2. The number of aliphatic hydroxyl groups excluding tert-OH is 1. The second-order valence-corrected chi connectivity index (χ2v) is 3.26. The van der Waals surface area contributed by atoms with Gasteiger partial charge in [-0.3, -0.25) is 0 Å². The molecule has 1 N–H and O–H groups in total. The van der Waals surface area contributed by atoms with Gasteiger partial charge in [0.25, 0.3) is 0 Å². The second kappa shape index (κ2) is 3.72. The monoisotopic (exact) mass is 201 g/mol. The summed E-state index contributed by atoms with van der Waals surface area (Å²) in [5.74, 6) is 0. The van der Waals surface area contributed by atoms with Crippen LogP contribution in [0.1, 0.15) is 0 Å². The zero-order valence-electron chi connectivity index (χ0n) is 7.61. The van der Waals surface area contributed by atoms with Gasteiger partial charge in [0, 0.05) is 12.0 Å². The Bertz CT molecular complexity index is 268. The van der Waals surface area contributed by atoms with Crippen LogP contribution in [-0.4, -0.2) is 49.5 Å². The predicted molar refractivity (Wildman–Crippen MR) is 44.4 cm³/mol. The maximum atomic E-state index is 9.74. The zero-order chi connectivity index (χ0) is 10.1. The van der Waals surface area contributed by atoms with Crippen LogP contribution in [0.5, 0.6) is 0 Å². The van der Waals surface area contributed by atoms with Crippen molar-refractivity contribution in [1.29, 1.82) is 0 Å². The average molecular weight is 201 g/mol. The van der Waals surface area contributed by atoms with Crippen LogP contribution < -0.4 is 0 Å². The van der Waals surface area contributed by atoms with Crippen LogP contribution in [0.3, 0.4) is 0 Å². The van der Waals surface area contributed by atoms with Crippen molar-refractivity contribution in [3.05, 3.63) is 10.4 Å². The molecule has 0 aliphatic carbocycles. The van der Waals surface area contributed by atoms with E-state index in [1.807, 2.05) is 0 Å². The Morgan fingerprint density at radius 2 is 2.43 bits per heavy atom. The molecule has 2 bridgehead atoms. The number of methoxy groups -OCH3 is 1. The van der Waals surface area contributed by atoms with Gasteiger partial charge in [0.05, 0.1) is 12.7 Å². The lowest BCUT2D eigenvalue weighted by Gasteiger charge is -2.35. The lowest BCUT2D eigenvalue weighted by atomic mass is 9.99. The van der Waals surface area contributed by atoms with E-state index in [1.54, 1.807) is 0 Å². The Labute approximate surface area is 80.2 Å². The Hall–Kier alpha value is -0.850. The van der Waals surface area contributed by atoms with Gasteiger partial charge in [0.1, 0.15) is 18.2 Å². The fourth-order valence-electron chi connectivity index (χ4n) is 1.83. The number of hydrogen-bond acceptors (Lipinski definition) is 5. The second-order valence-electron chi connectivity index (χ2n) is 3.26. The van der Waals surface area contributed by atoms with Crippen LogP contribution in [0, 0.1) is 0 Å². The van der Waals surface area contributed by atoms with Crippen molar-refractivity contribution in [2.24, 2.45) is 5.11 Å². The van der Waals surface area contributed by atoms with Crippen LogP contribution in [0.25, 0.3) is 10.4 Å². The highest BCUT2D eigenvalue weighted by Crippen LogP contribution is 2.31. The maximum Gasteiger partial charge on any atom is 0.169 e. The van der Waals surface area contributed by atoms with Gasteiger partial charge in [-0.2, -0.15) is 0 Å². The van der Waals surface area contributed by atoms with Crippen molar-refractivity contribution in [3.63, 3.8) is 0 Å². The normalized spacial score (nSPS) is 46.0. The summed E-state index contributed by atoms with van der Waals surface area (Å²) in [4.78, 5) is 2.68. The molecule has 0 saturated carbocycles. The van der Waals surface area contributed by atoms with Crippen LogP contribution in [0.4, 0.5) is 0 Å². The summed E-state index contributed by atoms with van der Waals surface area (Å²) in [6.07, 6.45) is -2.34. The van der Waals surface area contributed by atoms with Crippen molar-refractivity contribution in [1.82, 2.24) is 0 Å². The third-order valence-corrected chi connectivity index (χ3v) is 2.52. The van der Waals surface area contributed by atoms with E-state index in [-0.39, 0.29) is 6.10 Å². The molecule has 0 spiro atoms. The molecule has 2 saturated heterocycles. The van der Waals surface area contributed by atoms with Crippen LogP contribution >= 0.6 is 0 Å². The number of hydrogen-bond donors (Lipinski definition) is 1. The third-order valence-electron chi connectivity index (χ3n) is 2.52. The molecule has 0 aromatic rings. The molecule has 0 radical (unpaired) electrons. The van der Waals surface area contributed by atoms with Gasteiger partial charge in [-0.1, -0.05) is 5.11 Å². The molecular formula is C7H11N3O4. The van der Waals surface area contributed by atoms with Gasteiger partial charge in [-0.05, 0) is 5.53 Å². The fraction of sp³-hybridized carbons (Fsp3) is 1.00. The van der Waals surface area contributed by atoms with E-state index in [0.717, 1.165) is 0 Å². The smallest absolute Gasteiger partial charge is 0.169 e. The number of ether oxygens (including phenoxy) is 3. The Kier molecular flexibility index (Phi) is 2.58. The molecule has 14 heavy (non-hydrogen) atoms. The van der Waals surface area contributed by atoms with Crippen LogP contribution in [0.15, 0.2) is 5.11 Å². The molecular weight excluding hydrogens is 190 g/mol. The van der Waals surface area contributed by atoms with E-state index in [1.165, 1.54) is 7.11 Å². The average Bonchev–Trinajstić information content (AvgIpc) is 2.61. The van der Waals surface area contributed by atoms with E-state index < -0.39 is 24.5 Å². The maximum absolute atomic E-state index is 9.74. The molecule has 0 aromatic heterocycles. The number of aliphatic hydroxyl groups is 1. The van der Waals surface area contributed by atoms with Gasteiger partial charge in [0.15, 0.2) is 6.29 Å². The summed E-state index contributed by atoms with van der Waals surface area (Å²) in [5.41, 5.74) is 8.36. The highest BCUT2D eigenvalue weighted by atomic mass is 16.7. The third kappa shape index (κ3) is 1.35. The van der Waals surface area contributed by atoms with Gasteiger partial charge in [0.2, 0.25) is 0 Å². The molecule has 5 atom stereocenters. The molecule has 0 aromatic carbocycles. The van der Waals surface area contributed by atoms with E-state index in [4.69, 9.17) is 19.7 Å². The first-order valence-electron chi connectivity index (χ1n) is 4.30. The van der Waals surface area contributed by atoms with Crippen molar-refractivity contribution in [2.75, 3.05) is 13.7 Å². The summed E-state index contributed by atoms with van der Waals surface area (Å²) < 4.78 is 15.6. The first-order chi connectivity index (χ1) is 6.77. The van der Waals surface area contributed by atoms with Gasteiger partial charge < -0.3 is 19.3 Å². The summed E-state index contributed by atoms with van der Waals surface area (Å²) in [7, 11) is 1.46. The van der Waals surface area contributed by atoms with Crippen LogP contribution in [-0.2, 0) is 14.2 Å². The molecule has 7 nitrogen and oxygen atoms in total. The minimum absolute atomic E-state index is 0.309. The predicted octanol–water partition coefficient (Wildman–Crippen LogP) is -0.204. The lowest BCUT2D eigenvalue weighted by molar-refractivity contribution is -0.185. The van der Waals surface area contributed by atoms with Crippen LogP contribution in [0.2, 0.25) is 0 Å². The highest BCUT2D eigenvalue weighted by Gasteiger charge is 2.50. The molecule has 2 fully saturated rings. The van der Waals surface area contributed by atoms with Crippen molar-refractivity contribution in [3.8, 4) is 0 Å². The molecule has 78 valence electrons. The Morgan fingerprint density at radius 3 is 3.07 bits per heavy atom. The van der Waals surface area contributed by atoms with Crippen molar-refractivity contribution in [2.45, 2.75) is 30.6 Å². The Morgan fingerprint density at radius 1 is 1.64 bits per heavy atom. The minimum Gasteiger partial charge on any atom is -0.388 e. The summed E-state index contributed by atoms with van der Waals surface area (Å²) in [6.45, 7) is 0.309. The van der Waals surface area contributed by atoms with E-state index in [9.17, 15) is 5.11 Å². The number of nitrogens with zero attached hydrogens (tertiary/aromatic N) is 3. The molecule has 0 amide bonds. The molecule has 2 rings (SSSR count). The standard InChI is InChI=1S/C7H11N3O4/c1-12-6-4(9-10-8)7-13-2-3(14-7)5(6)11/h3-7,11H,2H2,1H3/t3?,4-,5-,6?,7+/m0/s1. The number of azide groups is 1. The van der Waals surface area contributed by atoms with Gasteiger partial charge in [-0.25, -0.2) is 0 Å². The molecule has 2 unspecified atom stereocenters. The van der Waals surface area contributed by atoms with Crippen molar-refractivity contribution < 1.29 is 19.3 Å². The topological polar surface area (TPSA) is 96.7 Å². The SMILES string of the molecule is COC1[C@@H](O)C2CO[C@H](O2)[C@H]1N=[N+]=[N-]. The summed E-state index contributed by atoms with van der Waals surface area (Å²) >= 11 is 0. The molecule has 2 aliphatic rings. The molecule has 2 heterocycles. The zero-order valence-corrected chi connectivity index (χ0v) is 7.61. The highest BCUT2D eigenvalue weighted by molar-refractivity contribution is 4.97. The molecule has 2 aliphatic heterocycles. The number of fused-ring (bicyclic) bond motifs is 2. The minimum atomic E-state index is -0.811. The van der Waals surface area contributed by atoms with Crippen molar-refractivity contribution >= 4 is 0 Å². The quantitative estimate of drug-likeness (QED) is 0.380. The Balaban J connectivity index is 2.23. The fourth-order valence-corrected chi connectivity index (χ4v) is 1.83. The van der Waals surface area contributed by atoms with E-state index in [0.29, 0.717) is 6.61 Å². The molecule has 7 heteroatoms. The first kappa shape index (κ1) is 9.70. The van der Waals surface area contributed by atoms with E-state index >= 15 is 0 Å². The van der Waals surface area contributed by atoms with Gasteiger partial charge >= 0.3 is 0 Å². The largest absolute Gasteiger partial charge is 0.388 e. The first-order valence-corrected chi connectivity index (χ1v) is 4.30.